The van der Waals surface area contributed by atoms with E-state index in [1.54, 1.807) is 13.8 Å². The molecule has 0 spiro atoms. The van der Waals surface area contributed by atoms with Gasteiger partial charge in [0.1, 0.15) is 6.67 Å². The quantitative estimate of drug-likeness (QED) is 0.567. The summed E-state index contributed by atoms with van der Waals surface area (Å²) in [7, 11) is 0. The molecule has 0 aromatic rings. The first-order valence-corrected chi connectivity index (χ1v) is 3.34. The van der Waals surface area contributed by atoms with Crippen LogP contribution in [0.1, 0.15) is 20.8 Å². The molecule has 0 aromatic heterocycles. The Morgan fingerprint density at radius 2 is 2.00 bits per heavy atom. The molecule has 60 valence electrons. The molecule has 0 aliphatic heterocycles. The molecular weight excluding hydrogens is 135 g/mol. The lowest BCUT2D eigenvalue weighted by Gasteiger charge is -2.10. The fraction of sp³-hybridized carbons (Fsp3) is 0.857. The van der Waals surface area contributed by atoms with Crippen LogP contribution < -0.4 is 0 Å². The zero-order valence-corrected chi connectivity index (χ0v) is 6.56. The van der Waals surface area contributed by atoms with E-state index in [0.717, 1.165) is 0 Å². The lowest BCUT2D eigenvalue weighted by molar-refractivity contribution is -0.152. The van der Waals surface area contributed by atoms with E-state index < -0.39 is 18.6 Å². The van der Waals surface area contributed by atoms with Gasteiger partial charge in [-0.25, -0.2) is 0 Å². The third-order valence-corrected chi connectivity index (χ3v) is 0.986. The minimum Gasteiger partial charge on any atom is -0.463 e. The Morgan fingerprint density at radius 1 is 1.50 bits per heavy atom. The van der Waals surface area contributed by atoms with Crippen LogP contribution in [0.15, 0.2) is 0 Å². The van der Waals surface area contributed by atoms with Gasteiger partial charge in [-0.05, 0) is 20.8 Å². The first-order chi connectivity index (χ1) is 4.57. The van der Waals surface area contributed by atoms with E-state index in [0.29, 0.717) is 0 Å². The summed E-state index contributed by atoms with van der Waals surface area (Å²) in [5, 5.41) is 0. The number of hydrogen-bond acceptors (Lipinski definition) is 2. The molecule has 0 N–H and O–H groups in total. The molecule has 0 bridgehead atoms. The molecule has 0 saturated carbocycles. The van der Waals surface area contributed by atoms with Crippen LogP contribution in [0.5, 0.6) is 0 Å². The Hall–Kier alpha value is -0.600. The van der Waals surface area contributed by atoms with Gasteiger partial charge in [0.05, 0.1) is 12.0 Å². The molecule has 0 saturated heterocycles. The topological polar surface area (TPSA) is 26.3 Å². The second kappa shape index (κ2) is 4.25. The Kier molecular flexibility index (Phi) is 4.00. The smallest absolute Gasteiger partial charge is 0.311 e. The second-order valence-corrected chi connectivity index (χ2v) is 2.54. The summed E-state index contributed by atoms with van der Waals surface area (Å²) in [6, 6.07) is 0. The van der Waals surface area contributed by atoms with Gasteiger partial charge in [-0.2, -0.15) is 0 Å². The highest BCUT2D eigenvalue weighted by Gasteiger charge is 2.14. The van der Waals surface area contributed by atoms with Gasteiger partial charge in [0, 0.05) is 0 Å². The number of carbonyl (C=O) groups is 1. The van der Waals surface area contributed by atoms with E-state index in [4.69, 9.17) is 4.74 Å². The van der Waals surface area contributed by atoms with Crippen LogP contribution in [0.4, 0.5) is 4.39 Å². The first-order valence-electron chi connectivity index (χ1n) is 3.34. The van der Waals surface area contributed by atoms with Crippen molar-refractivity contribution in [1.82, 2.24) is 0 Å². The summed E-state index contributed by atoms with van der Waals surface area (Å²) in [6.45, 7) is 4.34. The minimum atomic E-state index is -0.647. The van der Waals surface area contributed by atoms with E-state index in [-0.39, 0.29) is 6.10 Å². The highest BCUT2D eigenvalue weighted by Crippen LogP contribution is 2.01. The largest absolute Gasteiger partial charge is 0.463 e. The number of carbonyl (C=O) groups excluding carboxylic acids is 1. The summed E-state index contributed by atoms with van der Waals surface area (Å²) in [5.74, 6) is -1.08. The van der Waals surface area contributed by atoms with Crippen molar-refractivity contribution in [2.45, 2.75) is 26.9 Å². The number of alkyl halides is 1. The molecule has 0 rings (SSSR count). The van der Waals surface area contributed by atoms with Gasteiger partial charge in [-0.1, -0.05) is 0 Å². The lowest BCUT2D eigenvalue weighted by Crippen LogP contribution is -2.19. The monoisotopic (exact) mass is 148 g/mol. The van der Waals surface area contributed by atoms with Crippen molar-refractivity contribution in [2.24, 2.45) is 5.92 Å². The van der Waals surface area contributed by atoms with E-state index >= 15 is 0 Å². The normalized spacial score (nSPS) is 13.3. The summed E-state index contributed by atoms with van der Waals surface area (Å²) in [4.78, 5) is 10.7. The van der Waals surface area contributed by atoms with Crippen molar-refractivity contribution in [3.8, 4) is 0 Å². The average Bonchev–Trinajstić information content (AvgIpc) is 1.85. The lowest BCUT2D eigenvalue weighted by atomic mass is 10.2. The number of ether oxygens (including phenoxy) is 1. The molecule has 1 unspecified atom stereocenters. The zero-order valence-electron chi connectivity index (χ0n) is 6.56. The van der Waals surface area contributed by atoms with Gasteiger partial charge in [0.15, 0.2) is 0 Å². The van der Waals surface area contributed by atoms with Gasteiger partial charge >= 0.3 is 5.97 Å². The van der Waals surface area contributed by atoms with Crippen molar-refractivity contribution in [3.05, 3.63) is 0 Å². The van der Waals surface area contributed by atoms with Gasteiger partial charge in [-0.3, -0.25) is 9.18 Å². The standard InChI is InChI=1S/C7H13FO2/c1-5(2)10-7(9)6(3)4-8/h5-6H,4H2,1-3H3. The molecule has 0 heterocycles. The van der Waals surface area contributed by atoms with Crippen molar-refractivity contribution < 1.29 is 13.9 Å². The minimum absolute atomic E-state index is 0.151. The average molecular weight is 148 g/mol. The molecule has 10 heavy (non-hydrogen) atoms. The fourth-order valence-corrected chi connectivity index (χ4v) is 0.411. The molecule has 0 aliphatic rings. The molecule has 0 fully saturated rings. The molecule has 0 radical (unpaired) electrons. The van der Waals surface area contributed by atoms with Crippen LogP contribution in [-0.4, -0.2) is 18.7 Å². The highest BCUT2D eigenvalue weighted by molar-refractivity contribution is 5.72. The second-order valence-electron chi connectivity index (χ2n) is 2.54. The van der Waals surface area contributed by atoms with E-state index in [1.807, 2.05) is 0 Å². The maximum Gasteiger partial charge on any atom is 0.311 e. The SMILES string of the molecule is CC(C)OC(=O)C(C)CF. The van der Waals surface area contributed by atoms with Gasteiger partial charge in [-0.15, -0.1) is 0 Å². The zero-order chi connectivity index (χ0) is 8.15. The van der Waals surface area contributed by atoms with Crippen LogP contribution in [0.25, 0.3) is 0 Å². The molecule has 0 aliphatic carbocycles. The summed E-state index contributed by atoms with van der Waals surface area (Å²) in [5.41, 5.74) is 0. The molecular formula is C7H13FO2. The molecule has 2 nitrogen and oxygen atoms in total. The van der Waals surface area contributed by atoms with Gasteiger partial charge < -0.3 is 4.74 Å². The number of halogens is 1. The van der Waals surface area contributed by atoms with Crippen LogP contribution >= 0.6 is 0 Å². The van der Waals surface area contributed by atoms with Gasteiger partial charge in [0.25, 0.3) is 0 Å². The van der Waals surface area contributed by atoms with Crippen molar-refractivity contribution in [2.75, 3.05) is 6.67 Å². The van der Waals surface area contributed by atoms with Crippen molar-refractivity contribution in [3.63, 3.8) is 0 Å². The molecule has 1 atom stereocenters. The molecule has 0 aromatic carbocycles. The third-order valence-electron chi connectivity index (χ3n) is 0.986. The molecule has 0 amide bonds. The van der Waals surface area contributed by atoms with E-state index in [9.17, 15) is 9.18 Å². The van der Waals surface area contributed by atoms with Crippen molar-refractivity contribution >= 4 is 5.97 Å². The maximum atomic E-state index is 11.8. The predicted octanol–water partition coefficient (Wildman–Crippen LogP) is 1.54. The van der Waals surface area contributed by atoms with E-state index in [2.05, 4.69) is 0 Å². The highest BCUT2D eigenvalue weighted by atomic mass is 19.1. The Labute approximate surface area is 60.4 Å². The summed E-state index contributed by atoms with van der Waals surface area (Å²) in [6.07, 6.45) is -0.151. The Morgan fingerprint density at radius 3 is 2.30 bits per heavy atom. The van der Waals surface area contributed by atoms with E-state index in [1.165, 1.54) is 6.92 Å². The van der Waals surface area contributed by atoms with Crippen LogP contribution in [-0.2, 0) is 9.53 Å². The van der Waals surface area contributed by atoms with Crippen LogP contribution in [0, 0.1) is 5.92 Å². The Balaban J connectivity index is 3.62. The van der Waals surface area contributed by atoms with Crippen LogP contribution in [0.3, 0.4) is 0 Å². The fourth-order valence-electron chi connectivity index (χ4n) is 0.411. The van der Waals surface area contributed by atoms with Gasteiger partial charge in [0.2, 0.25) is 0 Å². The summed E-state index contributed by atoms with van der Waals surface area (Å²) >= 11 is 0. The maximum absolute atomic E-state index is 11.8. The first kappa shape index (κ1) is 9.40. The number of hydrogen-bond donors (Lipinski definition) is 0. The number of esters is 1. The Bertz CT molecular complexity index is 112. The molecule has 3 heteroatoms. The van der Waals surface area contributed by atoms with Crippen molar-refractivity contribution in [1.29, 1.82) is 0 Å². The van der Waals surface area contributed by atoms with Crippen LogP contribution in [0.2, 0.25) is 0 Å². The number of rotatable bonds is 3. The summed E-state index contributed by atoms with van der Waals surface area (Å²) < 4.78 is 16.5. The predicted molar refractivity (Wildman–Crippen MR) is 36.4 cm³/mol. The third kappa shape index (κ3) is 3.43.